The predicted molar refractivity (Wildman–Crippen MR) is 92.5 cm³/mol. The zero-order valence-electron chi connectivity index (χ0n) is 14.5. The molecule has 0 radical (unpaired) electrons. The third-order valence-electron chi connectivity index (χ3n) is 5.18. The first kappa shape index (κ1) is 18.5. The second-order valence-corrected chi connectivity index (χ2v) is 6.61. The molecule has 0 aromatic heterocycles. The van der Waals surface area contributed by atoms with Crippen LogP contribution in [0.3, 0.4) is 0 Å². The Morgan fingerprint density at radius 3 is 2.33 bits per heavy atom. The van der Waals surface area contributed by atoms with Crippen LogP contribution in [0.25, 0.3) is 0 Å². The number of benzene rings is 2. The van der Waals surface area contributed by atoms with Gasteiger partial charge in [-0.3, -0.25) is 4.79 Å². The van der Waals surface area contributed by atoms with Gasteiger partial charge in [0, 0.05) is 19.0 Å². The first-order valence-corrected chi connectivity index (χ1v) is 8.28. The van der Waals surface area contributed by atoms with Gasteiger partial charge in [0.2, 0.25) is 5.91 Å². The van der Waals surface area contributed by atoms with Gasteiger partial charge in [0.25, 0.3) is 0 Å². The summed E-state index contributed by atoms with van der Waals surface area (Å²) in [7, 11) is 6.12. The van der Waals surface area contributed by atoms with Crippen LogP contribution in [-0.2, 0) is 10.2 Å². The molecule has 0 aliphatic heterocycles. The van der Waals surface area contributed by atoms with Gasteiger partial charge in [-0.2, -0.15) is 0 Å². The van der Waals surface area contributed by atoms with Gasteiger partial charge in [-0.05, 0) is 17.5 Å². The molecule has 0 unspecified atom stereocenters. The quantitative estimate of drug-likeness (QED) is 0.713. The fourth-order valence-corrected chi connectivity index (χ4v) is 4.04. The maximum atomic E-state index is 13.0. The first-order chi connectivity index (χ1) is 11.1. The number of amides is 1. The Labute approximate surface area is 150 Å². The molecule has 0 bridgehead atoms. The topological polar surface area (TPSA) is 33.5 Å². The van der Waals surface area contributed by atoms with Gasteiger partial charge < -0.3 is 22.6 Å². The second-order valence-electron chi connectivity index (χ2n) is 6.61. The van der Waals surface area contributed by atoms with E-state index in [1.54, 1.807) is 7.05 Å². The van der Waals surface area contributed by atoms with Gasteiger partial charge in [-0.1, -0.05) is 54.6 Å². The van der Waals surface area contributed by atoms with E-state index in [4.69, 9.17) is 0 Å². The first-order valence-electron chi connectivity index (χ1n) is 8.28. The smallest absolute Gasteiger partial charge is 0.234 e. The highest BCUT2D eigenvalue weighted by Gasteiger charge is 2.47. The van der Waals surface area contributed by atoms with Crippen LogP contribution in [0.1, 0.15) is 35.6 Å². The molecule has 0 spiro atoms. The normalized spacial score (nSPS) is 22.4. The van der Waals surface area contributed by atoms with Crippen LogP contribution in [0.4, 0.5) is 0 Å². The van der Waals surface area contributed by atoms with Gasteiger partial charge in [-0.25, -0.2) is 0 Å². The van der Waals surface area contributed by atoms with E-state index < -0.39 is 5.41 Å². The number of quaternary nitrogens is 1. The number of likely N-dealkylation sites (N-methyl/N-ethyl adjacent to an activating group) is 1. The summed E-state index contributed by atoms with van der Waals surface area (Å²) < 4.78 is 0. The fourth-order valence-electron chi connectivity index (χ4n) is 4.04. The van der Waals surface area contributed by atoms with Crippen molar-refractivity contribution in [2.45, 2.75) is 24.3 Å². The van der Waals surface area contributed by atoms with Crippen LogP contribution in [0, 0.1) is 0 Å². The highest BCUT2D eigenvalue weighted by molar-refractivity contribution is 5.92. The monoisotopic (exact) mass is 344 g/mol. The maximum absolute atomic E-state index is 13.0. The lowest BCUT2D eigenvalue weighted by Crippen LogP contribution is -3.06. The van der Waals surface area contributed by atoms with Crippen molar-refractivity contribution in [3.05, 3.63) is 71.3 Å². The molecule has 0 saturated heterocycles. The van der Waals surface area contributed by atoms with Crippen molar-refractivity contribution in [2.75, 3.05) is 21.1 Å². The van der Waals surface area contributed by atoms with Crippen molar-refractivity contribution < 1.29 is 22.1 Å². The van der Waals surface area contributed by atoms with E-state index in [2.05, 4.69) is 49.7 Å². The minimum atomic E-state index is -0.585. The molecule has 2 aromatic rings. The third-order valence-corrected chi connectivity index (χ3v) is 5.18. The summed E-state index contributed by atoms with van der Waals surface area (Å²) in [4.78, 5) is 14.4. The highest BCUT2D eigenvalue weighted by atomic mass is 35.5. The van der Waals surface area contributed by atoms with E-state index in [0.717, 1.165) is 24.0 Å². The Kier molecular flexibility index (Phi) is 5.68. The van der Waals surface area contributed by atoms with E-state index >= 15 is 0 Å². The fraction of sp³-hybridized carbons (Fsp3) is 0.350. The van der Waals surface area contributed by atoms with Gasteiger partial charge in [0.1, 0.15) is 6.04 Å². The van der Waals surface area contributed by atoms with E-state index in [0.29, 0.717) is 6.04 Å². The van der Waals surface area contributed by atoms with E-state index in [-0.39, 0.29) is 18.3 Å². The largest absolute Gasteiger partial charge is 1.00 e. The molecule has 128 valence electrons. The number of nitrogens with one attached hydrogen (secondary N) is 2. The second kappa shape index (κ2) is 7.37. The molecule has 1 aliphatic carbocycles. The van der Waals surface area contributed by atoms with Crippen molar-refractivity contribution in [3.63, 3.8) is 0 Å². The molecule has 1 aliphatic rings. The van der Waals surface area contributed by atoms with E-state index in [1.807, 2.05) is 24.3 Å². The Balaban J connectivity index is 0.00000208. The highest BCUT2D eigenvalue weighted by Crippen LogP contribution is 2.45. The van der Waals surface area contributed by atoms with Gasteiger partial charge in [-0.15, -0.1) is 0 Å². The summed E-state index contributed by atoms with van der Waals surface area (Å²) >= 11 is 0. The molecular weight excluding hydrogens is 320 g/mol. The van der Waals surface area contributed by atoms with Crippen LogP contribution in [0.5, 0.6) is 0 Å². The van der Waals surface area contributed by atoms with Crippen LogP contribution < -0.4 is 22.6 Å². The summed E-state index contributed by atoms with van der Waals surface area (Å²) in [6, 6.07) is 19.1. The number of carbonyl (C=O) groups is 1. The summed E-state index contributed by atoms with van der Waals surface area (Å²) in [6.07, 6.45) is 1.84. The van der Waals surface area contributed by atoms with Gasteiger partial charge >= 0.3 is 0 Å². The Hall–Kier alpha value is -1.84. The van der Waals surface area contributed by atoms with Gasteiger partial charge in [0.15, 0.2) is 0 Å². The number of rotatable bonds is 3. The molecule has 3 rings (SSSR count). The Bertz CT molecular complexity index is 702. The zero-order chi connectivity index (χ0) is 16.4. The molecule has 0 fully saturated rings. The molecule has 0 heterocycles. The molecule has 0 saturated carbocycles. The van der Waals surface area contributed by atoms with E-state index in [1.165, 1.54) is 10.5 Å². The van der Waals surface area contributed by atoms with Crippen molar-refractivity contribution in [1.82, 2.24) is 5.32 Å². The predicted octanol–water partition coefficient (Wildman–Crippen LogP) is -1.30. The number of hydrogen-bond acceptors (Lipinski definition) is 1. The standard InChI is InChI=1S/C20H24N2O.ClH/c1-21-19(23)20(15-9-5-4-6-10-15)14-13-18(22(2)3)16-11-7-8-12-17(16)20;/h4-12,18H,13-14H2,1-3H3,(H,21,23);1H/t18-,20-;/m1./s1. The molecule has 3 nitrogen and oxygen atoms in total. The van der Waals surface area contributed by atoms with Crippen molar-refractivity contribution in [2.24, 2.45) is 0 Å². The average Bonchev–Trinajstić information content (AvgIpc) is 2.60. The molecule has 24 heavy (non-hydrogen) atoms. The van der Waals surface area contributed by atoms with Crippen LogP contribution in [0.2, 0.25) is 0 Å². The number of fused-ring (bicyclic) bond motifs is 1. The summed E-state index contributed by atoms with van der Waals surface area (Å²) in [6.45, 7) is 0. The SMILES string of the molecule is CNC(=O)[C@@]1(c2ccccc2)CC[C@@H]([NH+](C)C)c2ccccc21.[Cl-]. The average molecular weight is 345 g/mol. The number of carbonyl (C=O) groups excluding carboxylic acids is 1. The van der Waals surface area contributed by atoms with Crippen LogP contribution in [-0.4, -0.2) is 27.1 Å². The minimum Gasteiger partial charge on any atom is -1.00 e. The summed E-state index contributed by atoms with van der Waals surface area (Å²) in [5.41, 5.74) is 2.95. The van der Waals surface area contributed by atoms with Crippen LogP contribution >= 0.6 is 0 Å². The lowest BCUT2D eigenvalue weighted by atomic mass is 9.64. The zero-order valence-corrected chi connectivity index (χ0v) is 15.2. The maximum Gasteiger partial charge on any atom is 0.234 e. The van der Waals surface area contributed by atoms with E-state index in [9.17, 15) is 4.79 Å². The molecular formula is C20H25ClN2O. The molecule has 1 amide bonds. The van der Waals surface area contributed by atoms with Crippen molar-refractivity contribution >= 4 is 5.91 Å². The molecule has 2 N–H and O–H groups in total. The van der Waals surface area contributed by atoms with Crippen LogP contribution in [0.15, 0.2) is 54.6 Å². The minimum absolute atomic E-state index is 0. The van der Waals surface area contributed by atoms with Crippen molar-refractivity contribution in [3.8, 4) is 0 Å². The Morgan fingerprint density at radius 2 is 1.71 bits per heavy atom. The molecule has 4 heteroatoms. The number of hydrogen-bond donors (Lipinski definition) is 2. The number of halogens is 1. The lowest BCUT2D eigenvalue weighted by molar-refractivity contribution is -0.893. The summed E-state index contributed by atoms with van der Waals surface area (Å²) in [5, 5.41) is 2.91. The molecule has 2 aromatic carbocycles. The third kappa shape index (κ3) is 2.83. The van der Waals surface area contributed by atoms with Gasteiger partial charge in [0.05, 0.1) is 19.5 Å². The Morgan fingerprint density at radius 1 is 1.08 bits per heavy atom. The molecule has 2 atom stereocenters. The summed E-state index contributed by atoms with van der Waals surface area (Å²) in [5.74, 6) is 0.0864. The lowest BCUT2D eigenvalue weighted by Gasteiger charge is -2.41. The van der Waals surface area contributed by atoms with Crippen molar-refractivity contribution in [1.29, 1.82) is 0 Å².